The number of benzene rings is 1. The number of hydrogen-bond donors (Lipinski definition) is 0. The van der Waals surface area contributed by atoms with Crippen LogP contribution in [0.15, 0.2) is 24.4 Å². The Balaban J connectivity index is 2.20. The maximum Gasteiger partial charge on any atom is 0.433 e. The number of aromatic nitrogens is 1. The molecule has 1 aliphatic carbocycles. The van der Waals surface area contributed by atoms with Crippen molar-refractivity contribution in [2.45, 2.75) is 25.4 Å². The van der Waals surface area contributed by atoms with Gasteiger partial charge < -0.3 is 0 Å². The molecule has 0 spiro atoms. The maximum absolute atomic E-state index is 13.6. The quantitative estimate of drug-likeness (QED) is 0.738. The number of alkyl halides is 3. The van der Waals surface area contributed by atoms with Crippen LogP contribution in [0.4, 0.5) is 17.6 Å². The molecule has 3 rings (SSSR count). The summed E-state index contributed by atoms with van der Waals surface area (Å²) >= 11 is 0. The molecule has 1 aromatic carbocycles. The first-order valence-corrected chi connectivity index (χ1v) is 6.69. The van der Waals surface area contributed by atoms with Crippen LogP contribution in [0.2, 0.25) is 0 Å². The number of fused-ring (bicyclic) bond motifs is 1. The fourth-order valence-electron chi connectivity index (χ4n) is 2.89. The summed E-state index contributed by atoms with van der Waals surface area (Å²) < 4.78 is 52.6. The van der Waals surface area contributed by atoms with Gasteiger partial charge >= 0.3 is 6.18 Å². The Kier molecular flexibility index (Phi) is 3.36. The van der Waals surface area contributed by atoms with Gasteiger partial charge in [0.2, 0.25) is 0 Å². The van der Waals surface area contributed by atoms with Crippen molar-refractivity contribution in [2.24, 2.45) is 0 Å². The molecule has 112 valence electrons. The Morgan fingerprint density at radius 2 is 1.82 bits per heavy atom. The van der Waals surface area contributed by atoms with Gasteiger partial charge in [0.15, 0.2) is 0 Å². The minimum atomic E-state index is -4.49. The third kappa shape index (κ3) is 2.43. The van der Waals surface area contributed by atoms with E-state index in [2.05, 4.69) is 4.98 Å². The number of nitrogens with zero attached hydrogens (tertiary/aromatic N) is 2. The Hall–Kier alpha value is -2.42. The Morgan fingerprint density at radius 3 is 2.50 bits per heavy atom. The van der Waals surface area contributed by atoms with Crippen LogP contribution in [0.3, 0.4) is 0 Å². The van der Waals surface area contributed by atoms with E-state index in [1.54, 1.807) is 0 Å². The molecule has 0 saturated carbocycles. The van der Waals surface area contributed by atoms with Gasteiger partial charge in [0, 0.05) is 11.8 Å². The summed E-state index contributed by atoms with van der Waals surface area (Å²) in [5.74, 6) is -0.597. The lowest BCUT2D eigenvalue weighted by Crippen LogP contribution is -2.12. The molecule has 2 nitrogen and oxygen atoms in total. The topological polar surface area (TPSA) is 36.7 Å². The normalized spacial score (nSPS) is 13.8. The smallest absolute Gasteiger partial charge is 0.251 e. The molecule has 0 fully saturated rings. The van der Waals surface area contributed by atoms with Crippen molar-refractivity contribution in [3.8, 4) is 17.2 Å². The van der Waals surface area contributed by atoms with Crippen molar-refractivity contribution in [2.75, 3.05) is 0 Å². The van der Waals surface area contributed by atoms with E-state index in [-0.39, 0.29) is 11.1 Å². The van der Waals surface area contributed by atoms with Gasteiger partial charge in [-0.2, -0.15) is 18.4 Å². The highest BCUT2D eigenvalue weighted by molar-refractivity contribution is 5.70. The lowest BCUT2D eigenvalue weighted by molar-refractivity contribution is -0.141. The van der Waals surface area contributed by atoms with E-state index in [9.17, 15) is 17.6 Å². The summed E-state index contributed by atoms with van der Waals surface area (Å²) in [5, 5.41) is 8.90. The van der Waals surface area contributed by atoms with Crippen molar-refractivity contribution < 1.29 is 17.6 Å². The fraction of sp³-hybridized carbons (Fsp3) is 0.250. The van der Waals surface area contributed by atoms with Crippen molar-refractivity contribution in [3.05, 3.63) is 52.6 Å². The highest BCUT2D eigenvalue weighted by atomic mass is 19.4. The molecule has 1 heterocycles. The second-order valence-corrected chi connectivity index (χ2v) is 5.17. The third-order valence-electron chi connectivity index (χ3n) is 3.76. The number of rotatable bonds is 1. The highest BCUT2D eigenvalue weighted by Crippen LogP contribution is 2.39. The molecule has 0 N–H and O–H groups in total. The largest absolute Gasteiger partial charge is 0.433 e. The van der Waals surface area contributed by atoms with Crippen molar-refractivity contribution >= 4 is 0 Å². The number of hydrogen-bond acceptors (Lipinski definition) is 2. The van der Waals surface area contributed by atoms with Gasteiger partial charge in [0.25, 0.3) is 0 Å². The van der Waals surface area contributed by atoms with Gasteiger partial charge in [-0.05, 0) is 54.2 Å². The van der Waals surface area contributed by atoms with Gasteiger partial charge in [-0.25, -0.2) is 4.39 Å². The zero-order chi connectivity index (χ0) is 15.9. The third-order valence-corrected chi connectivity index (χ3v) is 3.76. The number of pyridine rings is 1. The summed E-state index contributed by atoms with van der Waals surface area (Å²) in [6.07, 6.45) is -1.95. The van der Waals surface area contributed by atoms with Gasteiger partial charge in [0.1, 0.15) is 11.5 Å². The minimum Gasteiger partial charge on any atom is -0.251 e. The maximum atomic E-state index is 13.6. The van der Waals surface area contributed by atoms with E-state index in [0.29, 0.717) is 36.0 Å². The van der Waals surface area contributed by atoms with Gasteiger partial charge in [-0.15, -0.1) is 0 Å². The molecule has 6 heteroatoms. The summed E-state index contributed by atoms with van der Waals surface area (Å²) in [7, 11) is 0. The summed E-state index contributed by atoms with van der Waals surface area (Å²) in [4.78, 5) is 3.55. The van der Waals surface area contributed by atoms with Crippen LogP contribution >= 0.6 is 0 Å². The van der Waals surface area contributed by atoms with Crippen molar-refractivity contribution in [3.63, 3.8) is 0 Å². The molecule has 0 aliphatic heterocycles. The Labute approximate surface area is 124 Å². The van der Waals surface area contributed by atoms with Gasteiger partial charge in [-0.3, -0.25) is 4.98 Å². The Morgan fingerprint density at radius 1 is 1.09 bits per heavy atom. The fourth-order valence-corrected chi connectivity index (χ4v) is 2.89. The van der Waals surface area contributed by atoms with Gasteiger partial charge in [-0.1, -0.05) is 0 Å². The van der Waals surface area contributed by atoms with Crippen molar-refractivity contribution in [1.82, 2.24) is 4.98 Å². The van der Waals surface area contributed by atoms with Gasteiger partial charge in [0.05, 0.1) is 11.6 Å². The van der Waals surface area contributed by atoms with Crippen LogP contribution in [0.5, 0.6) is 0 Å². The van der Waals surface area contributed by atoms with Crippen LogP contribution in [0, 0.1) is 17.1 Å². The first-order chi connectivity index (χ1) is 10.4. The van der Waals surface area contributed by atoms with Crippen LogP contribution in [0.25, 0.3) is 11.1 Å². The van der Waals surface area contributed by atoms with E-state index in [4.69, 9.17) is 5.26 Å². The highest BCUT2D eigenvalue weighted by Gasteiger charge is 2.38. The molecule has 1 aromatic heterocycles. The molecule has 0 atom stereocenters. The molecule has 0 bridgehead atoms. The summed E-state index contributed by atoms with van der Waals surface area (Å²) in [6, 6.07) is 5.60. The molecular formula is C16H10F4N2. The molecule has 1 aliphatic rings. The predicted octanol–water partition coefficient (Wildman–Crippen LogP) is 4.27. The second-order valence-electron chi connectivity index (χ2n) is 5.17. The molecule has 0 amide bonds. The van der Waals surface area contributed by atoms with E-state index < -0.39 is 17.7 Å². The van der Waals surface area contributed by atoms with E-state index in [1.807, 2.05) is 6.07 Å². The first kappa shape index (κ1) is 14.5. The van der Waals surface area contributed by atoms with Crippen LogP contribution < -0.4 is 0 Å². The van der Waals surface area contributed by atoms with Crippen LogP contribution in [-0.2, 0) is 19.0 Å². The summed E-state index contributed by atoms with van der Waals surface area (Å²) in [6.45, 7) is 0. The lowest BCUT2D eigenvalue weighted by atomic mass is 9.96. The molecule has 0 unspecified atom stereocenters. The van der Waals surface area contributed by atoms with Crippen LogP contribution in [0.1, 0.15) is 28.8 Å². The second kappa shape index (κ2) is 5.09. The SMILES string of the molecule is N#Cc1cc(F)cc(-c2cnc(C(F)(F)F)c3c2CCC3)c1. The summed E-state index contributed by atoms with van der Waals surface area (Å²) in [5.41, 5.74) is 0.860. The average molecular weight is 306 g/mol. The van der Waals surface area contributed by atoms with Crippen molar-refractivity contribution in [1.29, 1.82) is 5.26 Å². The first-order valence-electron chi connectivity index (χ1n) is 6.69. The zero-order valence-electron chi connectivity index (χ0n) is 11.3. The van der Waals surface area contributed by atoms with Crippen LogP contribution in [-0.4, -0.2) is 4.98 Å². The monoisotopic (exact) mass is 306 g/mol. The average Bonchev–Trinajstić information content (AvgIpc) is 2.93. The molecule has 2 aromatic rings. The Bertz CT molecular complexity index is 788. The standard InChI is InChI=1S/C16H10F4N2/c17-11-5-9(7-21)4-10(6-11)14-8-22-15(16(18,19)20)13-3-1-2-12(13)14/h4-6,8H,1-3H2. The number of halogens is 4. The molecule has 22 heavy (non-hydrogen) atoms. The van der Waals surface area contributed by atoms with E-state index in [0.717, 1.165) is 12.3 Å². The lowest BCUT2D eigenvalue weighted by Gasteiger charge is -2.14. The van der Waals surface area contributed by atoms with E-state index >= 15 is 0 Å². The number of nitriles is 1. The molecule has 0 saturated heterocycles. The zero-order valence-corrected chi connectivity index (χ0v) is 11.3. The molecular weight excluding hydrogens is 296 g/mol. The predicted molar refractivity (Wildman–Crippen MR) is 71.4 cm³/mol. The minimum absolute atomic E-state index is 0.127. The van der Waals surface area contributed by atoms with E-state index in [1.165, 1.54) is 12.1 Å². The molecule has 0 radical (unpaired) electrons.